The molecule has 0 bridgehead atoms. The van der Waals surface area contributed by atoms with E-state index in [2.05, 4.69) is 41.2 Å². The molecule has 0 N–H and O–H groups in total. The van der Waals surface area contributed by atoms with Crippen LogP contribution in [0.15, 0.2) is 12.2 Å². The maximum atomic E-state index is 4.10. The Labute approximate surface area is 84.4 Å². The fourth-order valence-electron chi connectivity index (χ4n) is 2.31. The van der Waals surface area contributed by atoms with E-state index in [1.54, 1.807) is 0 Å². The average Bonchev–Trinajstić information content (AvgIpc) is 2.02. The van der Waals surface area contributed by atoms with Crippen molar-refractivity contribution >= 4 is 0 Å². The van der Waals surface area contributed by atoms with Crippen LogP contribution in [0.5, 0.6) is 0 Å². The molecule has 0 heteroatoms. The van der Waals surface area contributed by atoms with E-state index in [9.17, 15) is 0 Å². The van der Waals surface area contributed by atoms with E-state index in [0.717, 1.165) is 17.8 Å². The lowest BCUT2D eigenvalue weighted by Crippen LogP contribution is -2.16. The Kier molecular flexibility index (Phi) is 6.11. The van der Waals surface area contributed by atoms with Crippen molar-refractivity contribution in [1.82, 2.24) is 0 Å². The lowest BCUT2D eigenvalue weighted by atomic mass is 9.79. The third-order valence-corrected chi connectivity index (χ3v) is 2.94. The molecule has 0 amide bonds. The van der Waals surface area contributed by atoms with Crippen LogP contribution in [0.4, 0.5) is 0 Å². The van der Waals surface area contributed by atoms with Crippen LogP contribution >= 0.6 is 0 Å². The van der Waals surface area contributed by atoms with Gasteiger partial charge in [-0.1, -0.05) is 46.3 Å². The SMILES string of the molecule is C=C(C)C(CC)C(CC)CC(C)C. The maximum Gasteiger partial charge on any atom is -0.0183 e. The molecule has 0 spiro atoms. The highest BCUT2D eigenvalue weighted by molar-refractivity contribution is 4.98. The third kappa shape index (κ3) is 4.50. The lowest BCUT2D eigenvalue weighted by Gasteiger charge is -2.27. The second kappa shape index (κ2) is 6.23. The smallest absolute Gasteiger partial charge is 0.0183 e. The molecule has 0 rings (SSSR count). The van der Waals surface area contributed by atoms with E-state index < -0.39 is 0 Å². The van der Waals surface area contributed by atoms with Crippen LogP contribution in [0.2, 0.25) is 0 Å². The molecule has 0 saturated carbocycles. The number of hydrogen-bond donors (Lipinski definition) is 0. The minimum absolute atomic E-state index is 0.743. The molecule has 0 aromatic carbocycles. The van der Waals surface area contributed by atoms with Gasteiger partial charge < -0.3 is 0 Å². The van der Waals surface area contributed by atoms with Gasteiger partial charge in [0.25, 0.3) is 0 Å². The molecule has 2 unspecified atom stereocenters. The first-order valence-corrected chi connectivity index (χ1v) is 5.68. The van der Waals surface area contributed by atoms with Gasteiger partial charge in [-0.2, -0.15) is 0 Å². The first-order chi connectivity index (χ1) is 6.02. The van der Waals surface area contributed by atoms with E-state index in [1.165, 1.54) is 24.8 Å². The summed E-state index contributed by atoms with van der Waals surface area (Å²) < 4.78 is 0. The van der Waals surface area contributed by atoms with Crippen LogP contribution in [0.3, 0.4) is 0 Å². The van der Waals surface area contributed by atoms with Gasteiger partial charge in [0.05, 0.1) is 0 Å². The predicted octanol–water partition coefficient (Wildman–Crippen LogP) is 4.66. The van der Waals surface area contributed by atoms with Gasteiger partial charge in [0, 0.05) is 0 Å². The minimum Gasteiger partial charge on any atom is -0.0999 e. The molecule has 78 valence electrons. The average molecular weight is 182 g/mol. The zero-order chi connectivity index (χ0) is 10.4. The van der Waals surface area contributed by atoms with Gasteiger partial charge in [-0.15, -0.1) is 0 Å². The topological polar surface area (TPSA) is 0 Å². The van der Waals surface area contributed by atoms with E-state index in [0.29, 0.717) is 0 Å². The summed E-state index contributed by atoms with van der Waals surface area (Å²) in [5.41, 5.74) is 1.37. The third-order valence-electron chi connectivity index (χ3n) is 2.94. The summed E-state index contributed by atoms with van der Waals surface area (Å²) in [6, 6.07) is 0. The number of allylic oxidation sites excluding steroid dienone is 1. The van der Waals surface area contributed by atoms with Crippen molar-refractivity contribution in [1.29, 1.82) is 0 Å². The van der Waals surface area contributed by atoms with Gasteiger partial charge in [-0.05, 0) is 37.5 Å². The standard InChI is InChI=1S/C13H26/c1-7-12(9-10(3)4)13(8-2)11(5)6/h10,12-13H,5,7-9H2,1-4,6H3. The molecule has 0 fully saturated rings. The Hall–Kier alpha value is -0.260. The molecule has 13 heavy (non-hydrogen) atoms. The van der Waals surface area contributed by atoms with Gasteiger partial charge in [-0.25, -0.2) is 0 Å². The van der Waals surface area contributed by atoms with Gasteiger partial charge in [-0.3, -0.25) is 0 Å². The highest BCUT2D eigenvalue weighted by Gasteiger charge is 2.19. The summed E-state index contributed by atoms with van der Waals surface area (Å²) in [6.45, 7) is 15.5. The van der Waals surface area contributed by atoms with Crippen molar-refractivity contribution < 1.29 is 0 Å². The summed E-state index contributed by atoms with van der Waals surface area (Å²) in [6.07, 6.45) is 3.89. The van der Waals surface area contributed by atoms with Gasteiger partial charge >= 0.3 is 0 Å². The quantitative estimate of drug-likeness (QED) is 0.524. The molecule has 0 aromatic heterocycles. The van der Waals surface area contributed by atoms with Crippen LogP contribution < -0.4 is 0 Å². The van der Waals surface area contributed by atoms with Crippen LogP contribution in [0.1, 0.15) is 53.9 Å². The summed E-state index contributed by atoms with van der Waals surface area (Å²) >= 11 is 0. The number of rotatable bonds is 6. The molecule has 0 aromatic rings. The first-order valence-electron chi connectivity index (χ1n) is 5.68. The van der Waals surface area contributed by atoms with E-state index >= 15 is 0 Å². The Balaban J connectivity index is 4.25. The first kappa shape index (κ1) is 12.7. The van der Waals surface area contributed by atoms with E-state index in [-0.39, 0.29) is 0 Å². The Morgan fingerprint density at radius 2 is 1.69 bits per heavy atom. The van der Waals surface area contributed by atoms with Gasteiger partial charge in [0.1, 0.15) is 0 Å². The Morgan fingerprint density at radius 3 is 1.92 bits per heavy atom. The van der Waals surface area contributed by atoms with Crippen molar-refractivity contribution in [3.8, 4) is 0 Å². The fourth-order valence-corrected chi connectivity index (χ4v) is 2.31. The van der Waals surface area contributed by atoms with Gasteiger partial charge in [0.2, 0.25) is 0 Å². The van der Waals surface area contributed by atoms with Crippen LogP contribution in [-0.2, 0) is 0 Å². The van der Waals surface area contributed by atoms with Crippen molar-refractivity contribution in [3.63, 3.8) is 0 Å². The summed E-state index contributed by atoms with van der Waals surface area (Å²) in [5.74, 6) is 2.41. The second-order valence-corrected chi connectivity index (χ2v) is 4.66. The normalized spacial score (nSPS) is 15.8. The largest absolute Gasteiger partial charge is 0.0999 e. The summed E-state index contributed by atoms with van der Waals surface area (Å²) in [4.78, 5) is 0. The molecular weight excluding hydrogens is 156 g/mol. The molecule has 0 aliphatic heterocycles. The molecule has 0 radical (unpaired) electrons. The monoisotopic (exact) mass is 182 g/mol. The lowest BCUT2D eigenvalue weighted by molar-refractivity contribution is 0.299. The molecule has 0 heterocycles. The second-order valence-electron chi connectivity index (χ2n) is 4.66. The van der Waals surface area contributed by atoms with Crippen LogP contribution in [0.25, 0.3) is 0 Å². The zero-order valence-corrected chi connectivity index (χ0v) is 10.1. The fraction of sp³-hybridized carbons (Fsp3) is 0.846. The Morgan fingerprint density at radius 1 is 1.15 bits per heavy atom. The minimum atomic E-state index is 0.743. The Bertz CT molecular complexity index is 144. The van der Waals surface area contributed by atoms with Crippen molar-refractivity contribution in [3.05, 3.63) is 12.2 Å². The van der Waals surface area contributed by atoms with Gasteiger partial charge in [0.15, 0.2) is 0 Å². The molecule has 0 aliphatic rings. The van der Waals surface area contributed by atoms with E-state index in [1.807, 2.05) is 0 Å². The zero-order valence-electron chi connectivity index (χ0n) is 10.1. The highest BCUT2D eigenvalue weighted by Crippen LogP contribution is 2.30. The van der Waals surface area contributed by atoms with Crippen molar-refractivity contribution in [2.75, 3.05) is 0 Å². The molecule has 0 aliphatic carbocycles. The molecule has 2 atom stereocenters. The van der Waals surface area contributed by atoms with E-state index in [4.69, 9.17) is 0 Å². The summed E-state index contributed by atoms with van der Waals surface area (Å²) in [7, 11) is 0. The number of hydrogen-bond acceptors (Lipinski definition) is 0. The van der Waals surface area contributed by atoms with Crippen molar-refractivity contribution in [2.24, 2.45) is 17.8 Å². The van der Waals surface area contributed by atoms with Crippen LogP contribution in [-0.4, -0.2) is 0 Å². The maximum absolute atomic E-state index is 4.10. The molecular formula is C13H26. The van der Waals surface area contributed by atoms with Crippen LogP contribution in [0, 0.1) is 17.8 Å². The predicted molar refractivity (Wildman–Crippen MR) is 61.8 cm³/mol. The van der Waals surface area contributed by atoms with Crippen molar-refractivity contribution in [2.45, 2.75) is 53.9 Å². The molecule has 0 saturated heterocycles. The molecule has 0 nitrogen and oxygen atoms in total. The highest BCUT2D eigenvalue weighted by atomic mass is 14.2. The summed E-state index contributed by atoms with van der Waals surface area (Å²) in [5, 5.41) is 0.